The predicted molar refractivity (Wildman–Crippen MR) is 109 cm³/mol. The number of rotatable bonds is 15. The summed E-state index contributed by atoms with van der Waals surface area (Å²) in [6.45, 7) is 2.92. The van der Waals surface area contributed by atoms with Crippen molar-refractivity contribution >= 4 is 11.9 Å². The van der Waals surface area contributed by atoms with Crippen LogP contribution in [0.4, 0.5) is 0 Å². The molecule has 10 heteroatoms. The van der Waals surface area contributed by atoms with Crippen LogP contribution in [0.2, 0.25) is 0 Å². The highest BCUT2D eigenvalue weighted by Crippen LogP contribution is 2.23. The zero-order valence-corrected chi connectivity index (χ0v) is 18.5. The van der Waals surface area contributed by atoms with Crippen LogP contribution in [0.15, 0.2) is 0 Å². The van der Waals surface area contributed by atoms with Crippen molar-refractivity contribution in [1.82, 2.24) is 0 Å². The van der Waals surface area contributed by atoms with Crippen LogP contribution in [0, 0.1) is 0 Å². The number of hydrogen-bond donors (Lipinski definition) is 4. The molecule has 1 heterocycles. The summed E-state index contributed by atoms with van der Waals surface area (Å²) in [7, 11) is 0. The van der Waals surface area contributed by atoms with E-state index in [9.17, 15) is 30.0 Å². The maximum absolute atomic E-state index is 11.8. The maximum atomic E-state index is 11.8. The number of hydrogen-bond acceptors (Lipinski definition) is 10. The number of aliphatic hydroxyl groups is 4. The van der Waals surface area contributed by atoms with Crippen LogP contribution < -0.4 is 0 Å². The van der Waals surface area contributed by atoms with Crippen molar-refractivity contribution < 1.29 is 49.0 Å². The second kappa shape index (κ2) is 15.5. The largest absolute Gasteiger partial charge is 0.463 e. The number of ether oxygens (including phenoxy) is 4. The van der Waals surface area contributed by atoms with Crippen LogP contribution in [-0.2, 0) is 28.5 Å². The molecule has 0 bridgehead atoms. The van der Waals surface area contributed by atoms with Gasteiger partial charge in [0.05, 0.1) is 6.61 Å². The lowest BCUT2D eigenvalue weighted by molar-refractivity contribution is -0.315. The minimum Gasteiger partial charge on any atom is -0.463 e. The van der Waals surface area contributed by atoms with Gasteiger partial charge in [-0.1, -0.05) is 39.5 Å². The molecule has 1 aliphatic heterocycles. The predicted octanol–water partition coefficient (Wildman–Crippen LogP) is 0.418. The number of unbranched alkanes of at least 4 members (excludes halogenated alkanes) is 4. The van der Waals surface area contributed by atoms with Gasteiger partial charge in [0, 0.05) is 12.8 Å². The highest BCUT2D eigenvalue weighted by Gasteiger charge is 2.45. The van der Waals surface area contributed by atoms with E-state index in [0.717, 1.165) is 25.7 Å². The van der Waals surface area contributed by atoms with E-state index < -0.39 is 55.4 Å². The van der Waals surface area contributed by atoms with Gasteiger partial charge in [-0.2, -0.15) is 0 Å². The molecule has 1 rings (SSSR count). The fourth-order valence-electron chi connectivity index (χ4n) is 3.04. The first-order valence-electron chi connectivity index (χ1n) is 11.1. The maximum Gasteiger partial charge on any atom is 0.305 e. The van der Waals surface area contributed by atoms with Gasteiger partial charge in [-0.05, 0) is 12.8 Å². The molecule has 0 aromatic heterocycles. The molecule has 1 aliphatic rings. The van der Waals surface area contributed by atoms with E-state index in [0.29, 0.717) is 12.8 Å². The van der Waals surface area contributed by atoms with Crippen molar-refractivity contribution in [3.05, 3.63) is 0 Å². The van der Waals surface area contributed by atoms with Gasteiger partial charge in [-0.25, -0.2) is 0 Å². The fourth-order valence-corrected chi connectivity index (χ4v) is 3.04. The standard InChI is InChI=1S/C21H38O10/c1-3-5-7-9-16(23)28-12-14(11-22)30-21-20(27)19(26)18(25)15(31-21)13-29-17(24)10-8-6-4-2/h14-15,18-22,25-27H,3-13H2,1-2H3/t14?,15-,18+,19+,20-,21-/m1/s1. The summed E-state index contributed by atoms with van der Waals surface area (Å²) in [4.78, 5) is 23.5. The van der Waals surface area contributed by atoms with Crippen molar-refractivity contribution in [2.24, 2.45) is 0 Å². The number of carbonyl (C=O) groups is 2. The van der Waals surface area contributed by atoms with E-state index in [1.165, 1.54) is 0 Å². The van der Waals surface area contributed by atoms with E-state index in [1.807, 2.05) is 13.8 Å². The van der Waals surface area contributed by atoms with Crippen molar-refractivity contribution in [2.75, 3.05) is 19.8 Å². The number of carbonyl (C=O) groups excluding carboxylic acids is 2. The van der Waals surface area contributed by atoms with Gasteiger partial charge >= 0.3 is 11.9 Å². The summed E-state index contributed by atoms with van der Waals surface area (Å²) in [5.41, 5.74) is 0. The third-order valence-corrected chi connectivity index (χ3v) is 5.01. The minimum absolute atomic E-state index is 0.234. The average molecular weight is 451 g/mol. The second-order valence-corrected chi connectivity index (χ2v) is 7.74. The van der Waals surface area contributed by atoms with Gasteiger partial charge in [0.25, 0.3) is 0 Å². The lowest BCUT2D eigenvalue weighted by Crippen LogP contribution is -2.60. The second-order valence-electron chi connectivity index (χ2n) is 7.74. The molecule has 1 saturated heterocycles. The Balaban J connectivity index is 2.54. The molecule has 0 saturated carbocycles. The van der Waals surface area contributed by atoms with Crippen molar-refractivity contribution in [2.45, 2.75) is 102 Å². The molecule has 10 nitrogen and oxygen atoms in total. The number of esters is 2. The Hall–Kier alpha value is -1.30. The van der Waals surface area contributed by atoms with Crippen LogP contribution in [-0.4, -0.2) is 89.0 Å². The van der Waals surface area contributed by atoms with E-state index in [2.05, 4.69) is 0 Å². The third-order valence-electron chi connectivity index (χ3n) is 5.01. The Morgan fingerprint density at radius 2 is 1.45 bits per heavy atom. The molecule has 4 N–H and O–H groups in total. The van der Waals surface area contributed by atoms with Gasteiger partial charge in [-0.15, -0.1) is 0 Å². The van der Waals surface area contributed by atoms with E-state index in [-0.39, 0.29) is 26.1 Å². The lowest BCUT2D eigenvalue weighted by Gasteiger charge is -2.40. The zero-order chi connectivity index (χ0) is 23.2. The molecule has 31 heavy (non-hydrogen) atoms. The van der Waals surface area contributed by atoms with E-state index >= 15 is 0 Å². The van der Waals surface area contributed by atoms with Crippen molar-refractivity contribution in [3.63, 3.8) is 0 Å². The highest BCUT2D eigenvalue weighted by atomic mass is 16.7. The van der Waals surface area contributed by atoms with Crippen molar-refractivity contribution in [3.8, 4) is 0 Å². The first-order chi connectivity index (χ1) is 14.8. The first kappa shape index (κ1) is 27.7. The van der Waals surface area contributed by atoms with Crippen LogP contribution in [0.25, 0.3) is 0 Å². The molecule has 0 amide bonds. The number of aliphatic hydroxyl groups excluding tert-OH is 4. The Morgan fingerprint density at radius 1 is 0.871 bits per heavy atom. The van der Waals surface area contributed by atoms with E-state index in [1.54, 1.807) is 0 Å². The molecule has 0 radical (unpaired) electrons. The summed E-state index contributed by atoms with van der Waals surface area (Å²) in [6, 6.07) is 0. The normalized spacial score (nSPS) is 27.0. The van der Waals surface area contributed by atoms with Gasteiger partial charge < -0.3 is 39.4 Å². The molecular weight excluding hydrogens is 412 g/mol. The minimum atomic E-state index is -1.61. The first-order valence-corrected chi connectivity index (χ1v) is 11.1. The molecule has 0 aromatic rings. The fraction of sp³-hybridized carbons (Fsp3) is 0.905. The zero-order valence-electron chi connectivity index (χ0n) is 18.5. The smallest absolute Gasteiger partial charge is 0.305 e. The Labute approximate surface area is 183 Å². The molecule has 1 fully saturated rings. The van der Waals surface area contributed by atoms with Crippen LogP contribution in [0.1, 0.15) is 65.2 Å². The van der Waals surface area contributed by atoms with Crippen LogP contribution in [0.3, 0.4) is 0 Å². The molecule has 0 spiro atoms. The Kier molecular flexibility index (Phi) is 13.9. The SMILES string of the molecule is CCCCCC(=O)OCC(CO)O[C@@H]1O[C@H](COC(=O)CCCCC)[C@H](O)[C@H](O)[C@H]1O. The van der Waals surface area contributed by atoms with Crippen LogP contribution in [0.5, 0.6) is 0 Å². The summed E-state index contributed by atoms with van der Waals surface area (Å²) >= 11 is 0. The summed E-state index contributed by atoms with van der Waals surface area (Å²) in [6.07, 6.45) is -2.67. The topological polar surface area (TPSA) is 152 Å². The summed E-state index contributed by atoms with van der Waals surface area (Å²) in [5, 5.41) is 39.9. The average Bonchev–Trinajstić information content (AvgIpc) is 2.76. The summed E-state index contributed by atoms with van der Waals surface area (Å²) < 4.78 is 21.1. The molecule has 182 valence electrons. The highest BCUT2D eigenvalue weighted by molar-refractivity contribution is 5.69. The molecule has 6 atom stereocenters. The molecule has 1 unspecified atom stereocenters. The quantitative estimate of drug-likeness (QED) is 0.204. The Bertz CT molecular complexity index is 512. The van der Waals surface area contributed by atoms with E-state index in [4.69, 9.17) is 18.9 Å². The third kappa shape index (κ3) is 10.2. The molecule has 0 aromatic carbocycles. The molecule has 0 aliphatic carbocycles. The Morgan fingerprint density at radius 3 is 2.00 bits per heavy atom. The van der Waals surface area contributed by atoms with Gasteiger partial charge in [0.15, 0.2) is 6.29 Å². The van der Waals surface area contributed by atoms with Crippen LogP contribution >= 0.6 is 0 Å². The molecular formula is C21H38O10. The van der Waals surface area contributed by atoms with Gasteiger partial charge in [0.2, 0.25) is 0 Å². The lowest BCUT2D eigenvalue weighted by atomic mass is 9.99. The van der Waals surface area contributed by atoms with Crippen molar-refractivity contribution in [1.29, 1.82) is 0 Å². The van der Waals surface area contributed by atoms with Gasteiger partial charge in [0.1, 0.15) is 43.7 Å². The monoisotopic (exact) mass is 450 g/mol. The summed E-state index contributed by atoms with van der Waals surface area (Å²) in [5.74, 6) is -0.880. The van der Waals surface area contributed by atoms with Gasteiger partial charge in [-0.3, -0.25) is 9.59 Å².